The summed E-state index contributed by atoms with van der Waals surface area (Å²) in [5.74, 6) is -3.13. The average Bonchev–Trinajstić information content (AvgIpc) is 2.50. The number of nitrogens with one attached hydrogen (secondary N) is 1. The van der Waals surface area contributed by atoms with Gasteiger partial charge in [0.05, 0.1) is 11.3 Å². The van der Waals surface area contributed by atoms with Gasteiger partial charge in [0.25, 0.3) is 5.91 Å². The summed E-state index contributed by atoms with van der Waals surface area (Å²) in [7, 11) is 0. The molecule has 7 heteroatoms. The van der Waals surface area contributed by atoms with Crippen LogP contribution in [0.4, 0.5) is 14.5 Å². The van der Waals surface area contributed by atoms with E-state index in [4.69, 9.17) is 4.74 Å². The van der Waals surface area contributed by atoms with E-state index in [1.54, 1.807) is 13.0 Å². The van der Waals surface area contributed by atoms with Gasteiger partial charge in [-0.2, -0.15) is 0 Å². The Bertz CT molecular complexity index is 733. The van der Waals surface area contributed by atoms with Gasteiger partial charge in [-0.3, -0.25) is 9.78 Å². The fourth-order valence-electron chi connectivity index (χ4n) is 1.70. The minimum Gasteiger partial charge on any atom is -0.449 e. The van der Waals surface area contributed by atoms with Crippen LogP contribution >= 0.6 is 0 Å². The second kappa shape index (κ2) is 6.95. The lowest BCUT2D eigenvalue weighted by molar-refractivity contribution is -0.123. The molecule has 0 spiro atoms. The van der Waals surface area contributed by atoms with E-state index in [0.717, 1.165) is 17.8 Å². The third kappa shape index (κ3) is 4.32. The predicted octanol–water partition coefficient (Wildman–Crippen LogP) is 2.85. The Hall–Kier alpha value is -2.83. The molecule has 0 radical (unpaired) electrons. The second-order valence-electron chi connectivity index (χ2n) is 4.85. The Morgan fingerprint density at radius 3 is 2.57 bits per heavy atom. The number of hydrogen-bond acceptors (Lipinski definition) is 4. The maximum absolute atomic E-state index is 13.5. The molecule has 23 heavy (non-hydrogen) atoms. The van der Waals surface area contributed by atoms with E-state index in [9.17, 15) is 18.4 Å². The molecule has 0 saturated carbocycles. The number of pyridine rings is 1. The number of esters is 1. The van der Waals surface area contributed by atoms with E-state index >= 15 is 0 Å². The van der Waals surface area contributed by atoms with E-state index in [0.29, 0.717) is 6.07 Å². The first-order valence-corrected chi connectivity index (χ1v) is 6.76. The second-order valence-corrected chi connectivity index (χ2v) is 4.85. The van der Waals surface area contributed by atoms with E-state index in [-0.39, 0.29) is 11.3 Å². The molecule has 0 aliphatic carbocycles. The minimum absolute atomic E-state index is 0.197. The first-order chi connectivity index (χ1) is 10.9. The number of aromatic nitrogens is 1. The lowest BCUT2D eigenvalue weighted by Crippen LogP contribution is -2.30. The highest BCUT2D eigenvalue weighted by Crippen LogP contribution is 2.15. The van der Waals surface area contributed by atoms with Gasteiger partial charge in [0, 0.05) is 18.0 Å². The molecular formula is C16H14F2N2O3. The molecule has 5 nitrogen and oxygen atoms in total. The van der Waals surface area contributed by atoms with Crippen LogP contribution in [-0.4, -0.2) is 23.0 Å². The highest BCUT2D eigenvalue weighted by molar-refractivity contribution is 5.97. The molecule has 1 unspecified atom stereocenters. The average molecular weight is 320 g/mol. The van der Waals surface area contributed by atoms with Crippen molar-refractivity contribution in [2.24, 2.45) is 0 Å². The number of carbonyl (C=O) groups is 2. The van der Waals surface area contributed by atoms with Crippen LogP contribution in [0.15, 0.2) is 36.5 Å². The summed E-state index contributed by atoms with van der Waals surface area (Å²) in [6.07, 6.45) is 0.176. The summed E-state index contributed by atoms with van der Waals surface area (Å²) < 4.78 is 31.3. The van der Waals surface area contributed by atoms with Crippen LogP contribution in [0.3, 0.4) is 0 Å². The molecule has 0 saturated heterocycles. The normalized spacial score (nSPS) is 11.7. The van der Waals surface area contributed by atoms with Gasteiger partial charge < -0.3 is 10.1 Å². The summed E-state index contributed by atoms with van der Waals surface area (Å²) in [6, 6.07) is 5.89. The fraction of sp³-hybridized carbons (Fsp3) is 0.188. The number of carbonyl (C=O) groups excluding carboxylic acids is 2. The summed E-state index contributed by atoms with van der Waals surface area (Å²) in [5, 5.41) is 2.23. The van der Waals surface area contributed by atoms with Gasteiger partial charge in [0.1, 0.15) is 11.6 Å². The smallest absolute Gasteiger partial charge is 0.340 e. The van der Waals surface area contributed by atoms with Crippen LogP contribution in [-0.2, 0) is 9.53 Å². The van der Waals surface area contributed by atoms with Crippen molar-refractivity contribution >= 4 is 17.6 Å². The van der Waals surface area contributed by atoms with E-state index in [1.165, 1.54) is 19.2 Å². The largest absolute Gasteiger partial charge is 0.449 e. The first kappa shape index (κ1) is 16.5. The van der Waals surface area contributed by atoms with Crippen LogP contribution in [0, 0.1) is 18.6 Å². The zero-order valence-electron chi connectivity index (χ0n) is 12.5. The van der Waals surface area contributed by atoms with Crippen molar-refractivity contribution in [3.05, 3.63) is 59.4 Å². The molecule has 0 aliphatic rings. The summed E-state index contributed by atoms with van der Waals surface area (Å²) in [4.78, 5) is 27.7. The molecular weight excluding hydrogens is 306 g/mol. The Balaban J connectivity index is 1.99. The number of rotatable bonds is 4. The Morgan fingerprint density at radius 1 is 1.22 bits per heavy atom. The van der Waals surface area contributed by atoms with Gasteiger partial charge in [-0.25, -0.2) is 13.6 Å². The van der Waals surface area contributed by atoms with Crippen molar-refractivity contribution in [1.29, 1.82) is 0 Å². The van der Waals surface area contributed by atoms with Crippen LogP contribution in [0.2, 0.25) is 0 Å². The maximum Gasteiger partial charge on any atom is 0.340 e. The zero-order chi connectivity index (χ0) is 17.0. The maximum atomic E-state index is 13.5. The standard InChI is InChI=1S/C16H14F2N2O3/c1-9-3-4-11(8-19-9)16(22)23-10(2)15(21)20-14-6-5-12(17)7-13(14)18/h3-8,10H,1-2H3,(H,20,21). The lowest BCUT2D eigenvalue weighted by atomic mass is 10.2. The minimum atomic E-state index is -1.16. The Kier molecular flexibility index (Phi) is 5.00. The fourth-order valence-corrected chi connectivity index (χ4v) is 1.70. The lowest BCUT2D eigenvalue weighted by Gasteiger charge is -2.14. The molecule has 2 rings (SSSR count). The quantitative estimate of drug-likeness (QED) is 0.880. The van der Waals surface area contributed by atoms with Crippen molar-refractivity contribution < 1.29 is 23.1 Å². The molecule has 120 valence electrons. The van der Waals surface area contributed by atoms with Crippen LogP contribution in [0.25, 0.3) is 0 Å². The third-order valence-electron chi connectivity index (χ3n) is 2.99. The van der Waals surface area contributed by atoms with Crippen molar-refractivity contribution in [3.63, 3.8) is 0 Å². The summed E-state index contributed by atoms with van der Waals surface area (Å²) in [6.45, 7) is 3.11. The highest BCUT2D eigenvalue weighted by Gasteiger charge is 2.20. The van der Waals surface area contributed by atoms with E-state index < -0.39 is 29.6 Å². The van der Waals surface area contributed by atoms with Crippen LogP contribution in [0.1, 0.15) is 23.0 Å². The number of anilines is 1. The third-order valence-corrected chi connectivity index (χ3v) is 2.99. The summed E-state index contributed by atoms with van der Waals surface area (Å²) in [5.41, 5.74) is 0.735. The van der Waals surface area contributed by atoms with Gasteiger partial charge in [0.2, 0.25) is 0 Å². The molecule has 1 aromatic heterocycles. The highest BCUT2D eigenvalue weighted by atomic mass is 19.1. The van der Waals surface area contributed by atoms with Crippen molar-refractivity contribution in [2.45, 2.75) is 20.0 Å². The number of ether oxygens (including phenoxy) is 1. The van der Waals surface area contributed by atoms with Gasteiger partial charge in [-0.1, -0.05) is 0 Å². The summed E-state index contributed by atoms with van der Waals surface area (Å²) >= 11 is 0. The first-order valence-electron chi connectivity index (χ1n) is 6.76. The van der Waals surface area contributed by atoms with E-state index in [1.807, 2.05) is 0 Å². The topological polar surface area (TPSA) is 68.3 Å². The van der Waals surface area contributed by atoms with Gasteiger partial charge in [0.15, 0.2) is 6.10 Å². The Morgan fingerprint density at radius 2 is 1.96 bits per heavy atom. The molecule has 0 aliphatic heterocycles. The molecule has 1 atom stereocenters. The molecule has 1 N–H and O–H groups in total. The number of hydrogen-bond donors (Lipinski definition) is 1. The van der Waals surface area contributed by atoms with Gasteiger partial charge >= 0.3 is 5.97 Å². The van der Waals surface area contributed by atoms with Gasteiger partial charge in [-0.15, -0.1) is 0 Å². The predicted molar refractivity (Wildman–Crippen MR) is 78.8 cm³/mol. The number of aryl methyl sites for hydroxylation is 1. The van der Waals surface area contributed by atoms with Crippen molar-refractivity contribution in [2.75, 3.05) is 5.32 Å². The SMILES string of the molecule is Cc1ccc(C(=O)OC(C)C(=O)Nc2ccc(F)cc2F)cn1. The zero-order valence-corrected chi connectivity index (χ0v) is 12.5. The molecule has 0 fully saturated rings. The number of nitrogens with zero attached hydrogens (tertiary/aromatic N) is 1. The van der Waals surface area contributed by atoms with Crippen molar-refractivity contribution in [3.8, 4) is 0 Å². The number of benzene rings is 1. The van der Waals surface area contributed by atoms with Crippen molar-refractivity contribution in [1.82, 2.24) is 4.98 Å². The van der Waals surface area contributed by atoms with Gasteiger partial charge in [-0.05, 0) is 38.1 Å². The monoisotopic (exact) mass is 320 g/mol. The van der Waals surface area contributed by atoms with Crippen LogP contribution < -0.4 is 5.32 Å². The van der Waals surface area contributed by atoms with E-state index in [2.05, 4.69) is 10.3 Å². The number of halogens is 2. The molecule has 1 heterocycles. The Labute approximate surface area is 131 Å². The molecule has 1 amide bonds. The number of amides is 1. The molecule has 1 aromatic carbocycles. The molecule has 0 bridgehead atoms. The van der Waals surface area contributed by atoms with Crippen LogP contribution in [0.5, 0.6) is 0 Å². The molecule has 2 aromatic rings.